The van der Waals surface area contributed by atoms with E-state index in [4.69, 9.17) is 20.0 Å². The average Bonchev–Trinajstić information content (AvgIpc) is 2.61. The summed E-state index contributed by atoms with van der Waals surface area (Å²) in [4.78, 5) is 0. The Bertz CT molecular complexity index is 729. The van der Waals surface area contributed by atoms with Crippen molar-refractivity contribution < 1.29 is 9.47 Å². The summed E-state index contributed by atoms with van der Waals surface area (Å²) >= 11 is 0. The van der Waals surface area contributed by atoms with Gasteiger partial charge in [0.15, 0.2) is 0 Å². The van der Waals surface area contributed by atoms with Crippen LogP contribution in [-0.4, -0.2) is 18.9 Å². The highest BCUT2D eigenvalue weighted by Gasteiger charge is 1.98. The predicted octanol–water partition coefficient (Wildman–Crippen LogP) is 2.96. The van der Waals surface area contributed by atoms with Gasteiger partial charge in [0.2, 0.25) is 5.71 Å². The van der Waals surface area contributed by atoms with E-state index in [-0.39, 0.29) is 5.71 Å². The summed E-state index contributed by atoms with van der Waals surface area (Å²) in [5.74, 6) is 1.43. The quantitative estimate of drug-likeness (QED) is 0.482. The van der Waals surface area contributed by atoms with Crippen LogP contribution in [-0.2, 0) is 0 Å². The van der Waals surface area contributed by atoms with Crippen molar-refractivity contribution in [1.82, 2.24) is 0 Å². The monoisotopic (exact) mass is 306 g/mol. The summed E-state index contributed by atoms with van der Waals surface area (Å²) in [7, 11) is 0. The molecule has 6 heteroatoms. The van der Waals surface area contributed by atoms with Crippen LogP contribution in [0.25, 0.3) is 0 Å². The lowest BCUT2D eigenvalue weighted by Gasteiger charge is -2.09. The van der Waals surface area contributed by atoms with Gasteiger partial charge in [0.1, 0.15) is 36.9 Å². The molecule has 2 rings (SSSR count). The molecule has 0 bridgehead atoms. The van der Waals surface area contributed by atoms with Gasteiger partial charge in [-0.2, -0.15) is 15.6 Å². The third-order valence-corrected chi connectivity index (χ3v) is 2.71. The number of hydrogen-bond acceptors (Lipinski definition) is 6. The van der Waals surface area contributed by atoms with Crippen LogP contribution in [0.3, 0.4) is 0 Å². The van der Waals surface area contributed by atoms with Crippen LogP contribution in [0.1, 0.15) is 0 Å². The van der Waals surface area contributed by atoms with Gasteiger partial charge in [-0.25, -0.2) is 0 Å². The minimum absolute atomic E-state index is 0.243. The summed E-state index contributed by atoms with van der Waals surface area (Å²) in [5.41, 5.74) is 3.01. The molecular weight excluding hydrogens is 292 g/mol. The van der Waals surface area contributed by atoms with Crippen molar-refractivity contribution >= 4 is 11.4 Å². The van der Waals surface area contributed by atoms with E-state index in [0.717, 1.165) is 5.75 Å². The first-order valence-electron chi connectivity index (χ1n) is 6.86. The van der Waals surface area contributed by atoms with E-state index < -0.39 is 0 Å². The number of nitrogens with zero attached hydrogens (tertiary/aromatic N) is 3. The third kappa shape index (κ3) is 5.41. The van der Waals surface area contributed by atoms with Crippen LogP contribution < -0.4 is 14.9 Å². The first-order chi connectivity index (χ1) is 11.3. The van der Waals surface area contributed by atoms with Crippen molar-refractivity contribution in [3.05, 3.63) is 54.6 Å². The zero-order valence-electron chi connectivity index (χ0n) is 12.3. The molecule has 0 radical (unpaired) electrons. The highest BCUT2D eigenvalue weighted by molar-refractivity contribution is 6.10. The number of hydrogen-bond donors (Lipinski definition) is 1. The standard InChI is InChI=1S/C17H14N4O2/c18-12-15(13-19)21-20-14-5-4-8-17(11-14)23-10-9-22-16-6-2-1-3-7-16/h1-8,11,20H,9-10H2. The van der Waals surface area contributed by atoms with E-state index in [0.29, 0.717) is 24.7 Å². The largest absolute Gasteiger partial charge is 0.490 e. The summed E-state index contributed by atoms with van der Waals surface area (Å²) in [6, 6.07) is 19.9. The van der Waals surface area contributed by atoms with E-state index in [2.05, 4.69) is 10.5 Å². The van der Waals surface area contributed by atoms with Crippen molar-refractivity contribution in [3.63, 3.8) is 0 Å². The average molecular weight is 306 g/mol. The molecule has 23 heavy (non-hydrogen) atoms. The molecule has 0 atom stereocenters. The smallest absolute Gasteiger partial charge is 0.237 e. The Balaban J connectivity index is 1.82. The molecule has 0 aromatic heterocycles. The van der Waals surface area contributed by atoms with Crippen molar-refractivity contribution in [2.75, 3.05) is 18.6 Å². The number of benzene rings is 2. The summed E-state index contributed by atoms with van der Waals surface area (Å²) in [6.45, 7) is 0.816. The molecule has 0 aliphatic heterocycles. The number of hydrazone groups is 1. The van der Waals surface area contributed by atoms with Crippen molar-refractivity contribution in [2.45, 2.75) is 0 Å². The Morgan fingerprint density at radius 2 is 1.57 bits per heavy atom. The number of nitrogens with one attached hydrogen (secondary N) is 1. The van der Waals surface area contributed by atoms with Gasteiger partial charge in [0, 0.05) is 6.07 Å². The molecule has 6 nitrogen and oxygen atoms in total. The molecule has 0 fully saturated rings. The first-order valence-corrected chi connectivity index (χ1v) is 6.86. The molecule has 2 aromatic rings. The maximum absolute atomic E-state index is 8.61. The fourth-order valence-corrected chi connectivity index (χ4v) is 1.69. The van der Waals surface area contributed by atoms with Crippen LogP contribution in [0.5, 0.6) is 11.5 Å². The molecule has 0 aliphatic carbocycles. The molecular formula is C17H14N4O2. The minimum Gasteiger partial charge on any atom is -0.490 e. The van der Waals surface area contributed by atoms with E-state index in [1.54, 1.807) is 36.4 Å². The zero-order valence-corrected chi connectivity index (χ0v) is 12.3. The Labute approximate surface area is 134 Å². The first kappa shape index (κ1) is 15.9. The van der Waals surface area contributed by atoms with E-state index in [1.165, 1.54) is 0 Å². The molecule has 0 saturated carbocycles. The van der Waals surface area contributed by atoms with Gasteiger partial charge in [0.25, 0.3) is 0 Å². The van der Waals surface area contributed by atoms with E-state index in [1.807, 2.05) is 30.3 Å². The lowest BCUT2D eigenvalue weighted by molar-refractivity contribution is 0.217. The van der Waals surface area contributed by atoms with Gasteiger partial charge in [-0.3, -0.25) is 5.43 Å². The normalized spacial score (nSPS) is 9.13. The number of anilines is 1. The number of ether oxygens (including phenoxy) is 2. The summed E-state index contributed by atoms with van der Waals surface area (Å²) < 4.78 is 11.1. The lowest BCUT2D eigenvalue weighted by Crippen LogP contribution is -2.09. The maximum atomic E-state index is 8.61. The zero-order chi connectivity index (χ0) is 16.3. The molecule has 0 saturated heterocycles. The Morgan fingerprint density at radius 1 is 0.913 bits per heavy atom. The van der Waals surface area contributed by atoms with Crippen LogP contribution >= 0.6 is 0 Å². The molecule has 114 valence electrons. The molecule has 0 spiro atoms. The fourth-order valence-electron chi connectivity index (χ4n) is 1.69. The van der Waals surface area contributed by atoms with Gasteiger partial charge in [0.05, 0.1) is 5.69 Å². The summed E-state index contributed by atoms with van der Waals surface area (Å²) in [6.07, 6.45) is 0. The highest BCUT2D eigenvalue weighted by Crippen LogP contribution is 2.17. The van der Waals surface area contributed by atoms with E-state index >= 15 is 0 Å². The summed E-state index contributed by atoms with van der Waals surface area (Å²) in [5, 5.41) is 20.9. The molecule has 2 aromatic carbocycles. The Kier molecular flexibility index (Phi) is 6.01. The molecule has 0 amide bonds. The Hall–Kier alpha value is -3.51. The van der Waals surface area contributed by atoms with Crippen LogP contribution in [0, 0.1) is 22.7 Å². The minimum atomic E-state index is -0.243. The number of rotatable bonds is 7. The molecule has 0 aliphatic rings. The molecule has 0 unspecified atom stereocenters. The van der Waals surface area contributed by atoms with Crippen LogP contribution in [0.4, 0.5) is 5.69 Å². The van der Waals surface area contributed by atoms with Gasteiger partial charge in [-0.05, 0) is 24.3 Å². The van der Waals surface area contributed by atoms with Gasteiger partial charge >= 0.3 is 0 Å². The van der Waals surface area contributed by atoms with E-state index in [9.17, 15) is 0 Å². The SMILES string of the molecule is N#CC(C#N)=NNc1cccc(OCCOc2ccccc2)c1. The van der Waals surface area contributed by atoms with Crippen LogP contribution in [0.15, 0.2) is 59.7 Å². The fraction of sp³-hybridized carbons (Fsp3) is 0.118. The second kappa shape index (κ2) is 8.71. The second-order valence-electron chi connectivity index (χ2n) is 4.33. The second-order valence-corrected chi connectivity index (χ2v) is 4.33. The van der Waals surface area contributed by atoms with Crippen molar-refractivity contribution in [3.8, 4) is 23.6 Å². The molecule has 1 N–H and O–H groups in total. The number of para-hydroxylation sites is 1. The van der Waals surface area contributed by atoms with Gasteiger partial charge in [-0.1, -0.05) is 24.3 Å². The lowest BCUT2D eigenvalue weighted by atomic mass is 10.3. The predicted molar refractivity (Wildman–Crippen MR) is 86.2 cm³/mol. The van der Waals surface area contributed by atoms with Gasteiger partial charge in [-0.15, -0.1) is 0 Å². The van der Waals surface area contributed by atoms with Crippen molar-refractivity contribution in [2.24, 2.45) is 5.10 Å². The Morgan fingerprint density at radius 3 is 2.26 bits per heavy atom. The third-order valence-electron chi connectivity index (χ3n) is 2.71. The number of nitriles is 2. The van der Waals surface area contributed by atoms with Gasteiger partial charge < -0.3 is 9.47 Å². The maximum Gasteiger partial charge on any atom is 0.237 e. The van der Waals surface area contributed by atoms with Crippen LogP contribution in [0.2, 0.25) is 0 Å². The topological polar surface area (TPSA) is 90.4 Å². The molecule has 0 heterocycles. The highest BCUT2D eigenvalue weighted by atomic mass is 16.5. The van der Waals surface area contributed by atoms with Crippen molar-refractivity contribution in [1.29, 1.82) is 10.5 Å².